The number of hydrogen-bond acceptors (Lipinski definition) is 1. The lowest BCUT2D eigenvalue weighted by Crippen LogP contribution is -2.01. The summed E-state index contributed by atoms with van der Waals surface area (Å²) in [4.78, 5) is 4.81. The Morgan fingerprint density at radius 1 is 1.50 bits per heavy atom. The number of rotatable bonds is 0. The van der Waals surface area contributed by atoms with Crippen LogP contribution < -0.4 is 4.98 Å². The zero-order chi connectivity index (χ0) is 5.40. The van der Waals surface area contributed by atoms with Crippen LogP contribution in [0.4, 0.5) is 0 Å². The fourth-order valence-electron chi connectivity index (χ4n) is 1.17. The van der Waals surface area contributed by atoms with Crippen LogP contribution in [0.1, 0.15) is 17.0 Å². The highest BCUT2D eigenvalue weighted by atomic mass is 32.1. The van der Waals surface area contributed by atoms with E-state index in [1.54, 1.807) is 4.88 Å². The molecule has 1 heterocycles. The lowest BCUT2D eigenvalue weighted by molar-refractivity contribution is -0.382. The van der Waals surface area contributed by atoms with Crippen LogP contribution in [0, 0.1) is 0 Å². The summed E-state index contributed by atoms with van der Waals surface area (Å²) in [6.45, 7) is 0. The van der Waals surface area contributed by atoms with Crippen LogP contribution in [0.3, 0.4) is 0 Å². The van der Waals surface area contributed by atoms with E-state index < -0.39 is 0 Å². The van der Waals surface area contributed by atoms with E-state index in [0.29, 0.717) is 0 Å². The summed E-state index contributed by atoms with van der Waals surface area (Å²) in [5.74, 6) is 0. The first-order chi connectivity index (χ1) is 3.97. The van der Waals surface area contributed by atoms with Gasteiger partial charge in [-0.1, -0.05) is 11.3 Å². The summed E-state index contributed by atoms with van der Waals surface area (Å²) in [5.41, 5.74) is 3.55. The molecule has 0 amide bonds. The maximum Gasteiger partial charge on any atom is 0.223 e. The number of aryl methyl sites for hydroxylation is 2. The summed E-state index contributed by atoms with van der Waals surface area (Å²) in [5, 5.41) is 0. The van der Waals surface area contributed by atoms with Gasteiger partial charge in [-0.3, -0.25) is 0 Å². The molecule has 2 rings (SSSR count). The Bertz CT molecular complexity index is 174. The van der Waals surface area contributed by atoms with Gasteiger partial charge in [0, 0.05) is 6.42 Å². The van der Waals surface area contributed by atoms with Crippen LogP contribution >= 0.6 is 11.3 Å². The van der Waals surface area contributed by atoms with Gasteiger partial charge in [0.25, 0.3) is 0 Å². The second kappa shape index (κ2) is 1.55. The van der Waals surface area contributed by atoms with Crippen LogP contribution in [0.2, 0.25) is 0 Å². The van der Waals surface area contributed by atoms with Gasteiger partial charge in [-0.15, -0.1) is 0 Å². The SMILES string of the molecule is c1[nH+]c2c(s1)CCC2. The van der Waals surface area contributed by atoms with Gasteiger partial charge in [0.1, 0.15) is 0 Å². The van der Waals surface area contributed by atoms with Gasteiger partial charge in [0.15, 0.2) is 5.69 Å². The Morgan fingerprint density at radius 3 is 3.38 bits per heavy atom. The molecule has 0 fully saturated rings. The van der Waals surface area contributed by atoms with Crippen molar-refractivity contribution in [2.75, 3.05) is 0 Å². The maximum absolute atomic E-state index is 3.24. The number of hydrogen-bond donors (Lipinski definition) is 0. The fourth-order valence-corrected chi connectivity index (χ4v) is 2.08. The Labute approximate surface area is 52.4 Å². The third kappa shape index (κ3) is 0.494. The molecule has 0 unspecified atom stereocenters. The molecule has 0 atom stereocenters. The zero-order valence-electron chi connectivity index (χ0n) is 4.61. The topological polar surface area (TPSA) is 14.1 Å². The van der Waals surface area contributed by atoms with Crippen molar-refractivity contribution in [1.82, 2.24) is 0 Å². The van der Waals surface area contributed by atoms with Crippen molar-refractivity contribution < 1.29 is 4.98 Å². The number of H-pyrrole nitrogens is 1. The molecule has 0 saturated carbocycles. The van der Waals surface area contributed by atoms with Crippen molar-refractivity contribution in [3.8, 4) is 0 Å². The van der Waals surface area contributed by atoms with Crippen LogP contribution in [-0.2, 0) is 12.8 Å². The van der Waals surface area contributed by atoms with Gasteiger partial charge in [0.05, 0.1) is 4.88 Å². The van der Waals surface area contributed by atoms with E-state index >= 15 is 0 Å². The van der Waals surface area contributed by atoms with Crippen molar-refractivity contribution in [1.29, 1.82) is 0 Å². The molecule has 1 aromatic heterocycles. The summed E-state index contributed by atoms with van der Waals surface area (Å²) in [6, 6.07) is 0. The van der Waals surface area contributed by atoms with Crippen molar-refractivity contribution >= 4 is 11.3 Å². The summed E-state index contributed by atoms with van der Waals surface area (Å²) >= 11 is 1.86. The van der Waals surface area contributed by atoms with Crippen molar-refractivity contribution in [2.24, 2.45) is 0 Å². The van der Waals surface area contributed by atoms with Gasteiger partial charge in [-0.25, -0.2) is 4.98 Å². The number of aromatic nitrogens is 1. The molecule has 0 radical (unpaired) electrons. The predicted octanol–water partition coefficient (Wildman–Crippen LogP) is 1.05. The van der Waals surface area contributed by atoms with Gasteiger partial charge in [-0.2, -0.15) is 0 Å². The van der Waals surface area contributed by atoms with E-state index in [-0.39, 0.29) is 0 Å². The first kappa shape index (κ1) is 4.50. The minimum Gasteiger partial charge on any atom is -0.205 e. The Morgan fingerprint density at radius 2 is 2.50 bits per heavy atom. The number of nitrogens with one attached hydrogen (secondary N) is 1. The molecule has 0 aliphatic heterocycles. The van der Waals surface area contributed by atoms with Crippen LogP contribution in [-0.4, -0.2) is 0 Å². The molecule has 1 aliphatic rings. The lowest BCUT2D eigenvalue weighted by Gasteiger charge is -1.72. The summed E-state index contributed by atoms with van der Waals surface area (Å²) in [6.07, 6.45) is 3.95. The van der Waals surface area contributed by atoms with Crippen molar-refractivity contribution in [2.45, 2.75) is 19.3 Å². The summed E-state index contributed by atoms with van der Waals surface area (Å²) in [7, 11) is 0. The molecule has 0 bridgehead atoms. The number of thiazole rings is 1. The molecule has 1 N–H and O–H groups in total. The molecular formula is C6H8NS+. The average Bonchev–Trinajstić information content (AvgIpc) is 2.15. The second-order valence-corrected chi connectivity index (χ2v) is 3.10. The first-order valence-corrected chi connectivity index (χ1v) is 3.82. The third-order valence-electron chi connectivity index (χ3n) is 1.60. The molecule has 8 heavy (non-hydrogen) atoms. The smallest absolute Gasteiger partial charge is 0.205 e. The first-order valence-electron chi connectivity index (χ1n) is 2.94. The summed E-state index contributed by atoms with van der Waals surface area (Å²) < 4.78 is 0. The van der Waals surface area contributed by atoms with Crippen LogP contribution in [0.5, 0.6) is 0 Å². The highest BCUT2D eigenvalue weighted by Crippen LogP contribution is 2.20. The van der Waals surface area contributed by atoms with E-state index in [1.165, 1.54) is 25.0 Å². The zero-order valence-corrected chi connectivity index (χ0v) is 5.42. The maximum atomic E-state index is 3.24. The second-order valence-electron chi connectivity index (χ2n) is 2.14. The van der Waals surface area contributed by atoms with Gasteiger partial charge in [0.2, 0.25) is 5.51 Å². The molecule has 42 valence electrons. The molecule has 0 spiro atoms. The quantitative estimate of drug-likeness (QED) is 0.493. The number of aromatic amines is 1. The largest absolute Gasteiger partial charge is 0.223 e. The molecular weight excluding hydrogens is 118 g/mol. The molecule has 1 aliphatic carbocycles. The highest BCUT2D eigenvalue weighted by molar-refractivity contribution is 7.09. The predicted molar refractivity (Wildman–Crippen MR) is 32.9 cm³/mol. The Kier molecular flexibility index (Phi) is 0.875. The van der Waals surface area contributed by atoms with Crippen molar-refractivity contribution in [3.63, 3.8) is 0 Å². The molecule has 1 nitrogen and oxygen atoms in total. The molecule has 0 saturated heterocycles. The van der Waals surface area contributed by atoms with Crippen LogP contribution in [0.15, 0.2) is 5.51 Å². The standard InChI is InChI=1S/C6H7NS/c1-2-5-6(3-1)8-4-7-5/h4H,1-3H2/p+1. The Balaban J connectivity index is 2.54. The van der Waals surface area contributed by atoms with E-state index in [0.717, 1.165) is 0 Å². The molecule has 0 aromatic carbocycles. The molecule has 1 aromatic rings. The van der Waals surface area contributed by atoms with Crippen molar-refractivity contribution in [3.05, 3.63) is 16.1 Å². The Hall–Kier alpha value is -0.370. The normalized spacial score (nSPS) is 16.5. The number of fused-ring (bicyclic) bond motifs is 1. The van der Waals surface area contributed by atoms with Gasteiger partial charge < -0.3 is 0 Å². The monoisotopic (exact) mass is 126 g/mol. The fraction of sp³-hybridized carbons (Fsp3) is 0.500. The molecule has 2 heteroatoms. The lowest BCUT2D eigenvalue weighted by atomic mass is 10.4. The highest BCUT2D eigenvalue weighted by Gasteiger charge is 2.17. The average molecular weight is 126 g/mol. The van der Waals surface area contributed by atoms with Gasteiger partial charge in [-0.05, 0) is 12.8 Å². The van der Waals surface area contributed by atoms with E-state index in [2.05, 4.69) is 10.5 Å². The van der Waals surface area contributed by atoms with E-state index in [1.807, 2.05) is 11.3 Å². The van der Waals surface area contributed by atoms with Gasteiger partial charge >= 0.3 is 0 Å². The van der Waals surface area contributed by atoms with Crippen LogP contribution in [0.25, 0.3) is 0 Å². The minimum atomic E-state index is 1.28. The minimum absolute atomic E-state index is 1.28. The van der Waals surface area contributed by atoms with E-state index in [4.69, 9.17) is 0 Å². The third-order valence-corrected chi connectivity index (χ3v) is 2.57. The van der Waals surface area contributed by atoms with E-state index in [9.17, 15) is 0 Å².